The third-order valence-electron chi connectivity index (χ3n) is 3.26. The molecular formula is C14H17N3O3. The van der Waals surface area contributed by atoms with Crippen LogP contribution in [0.1, 0.15) is 42.5 Å². The van der Waals surface area contributed by atoms with Gasteiger partial charge >= 0.3 is 5.97 Å². The molecule has 0 aliphatic rings. The number of carbonyl (C=O) groups excluding carboxylic acids is 1. The normalized spacial score (nSPS) is 12.5. The standard InChI is InChI=1S/C14H17N3O3/c1-3-13-16-10-5-4-9(14(19)20)7-11(10)17(13)8(2)6-12(15)18/h4-5,7-8H,3,6H2,1-2H3,(H2,15,18)(H,19,20). The van der Waals surface area contributed by atoms with Crippen molar-refractivity contribution in [2.75, 3.05) is 0 Å². The Morgan fingerprint density at radius 3 is 2.70 bits per heavy atom. The fraction of sp³-hybridized carbons (Fsp3) is 0.357. The quantitative estimate of drug-likeness (QED) is 0.868. The first-order valence-corrected chi connectivity index (χ1v) is 6.46. The molecule has 1 heterocycles. The lowest BCUT2D eigenvalue weighted by atomic mass is 10.1. The summed E-state index contributed by atoms with van der Waals surface area (Å²) in [5.74, 6) is -0.563. The molecule has 6 nitrogen and oxygen atoms in total. The summed E-state index contributed by atoms with van der Waals surface area (Å²) in [4.78, 5) is 26.7. The highest BCUT2D eigenvalue weighted by atomic mass is 16.4. The maximum atomic E-state index is 11.1. The van der Waals surface area contributed by atoms with E-state index >= 15 is 0 Å². The lowest BCUT2D eigenvalue weighted by Crippen LogP contribution is -2.18. The van der Waals surface area contributed by atoms with E-state index in [1.165, 1.54) is 6.07 Å². The fourth-order valence-corrected chi connectivity index (χ4v) is 2.40. The molecule has 6 heteroatoms. The Morgan fingerprint density at radius 2 is 2.15 bits per heavy atom. The number of hydrogen-bond acceptors (Lipinski definition) is 3. The van der Waals surface area contributed by atoms with Gasteiger partial charge in [0.2, 0.25) is 5.91 Å². The van der Waals surface area contributed by atoms with Crippen LogP contribution in [0.2, 0.25) is 0 Å². The van der Waals surface area contributed by atoms with Crippen LogP contribution in [0.4, 0.5) is 0 Å². The molecule has 1 aromatic heterocycles. The van der Waals surface area contributed by atoms with Crippen LogP contribution in [0.5, 0.6) is 0 Å². The summed E-state index contributed by atoms with van der Waals surface area (Å²) < 4.78 is 1.90. The molecule has 1 unspecified atom stereocenters. The van der Waals surface area contributed by atoms with E-state index in [2.05, 4.69) is 4.98 Å². The smallest absolute Gasteiger partial charge is 0.335 e. The second kappa shape index (κ2) is 5.32. The molecule has 0 aliphatic heterocycles. The number of carbonyl (C=O) groups is 2. The first kappa shape index (κ1) is 14.0. The maximum Gasteiger partial charge on any atom is 0.335 e. The van der Waals surface area contributed by atoms with Gasteiger partial charge in [0.15, 0.2) is 0 Å². The fourth-order valence-electron chi connectivity index (χ4n) is 2.40. The summed E-state index contributed by atoms with van der Waals surface area (Å²) in [6.45, 7) is 3.84. The number of aromatic nitrogens is 2. The number of rotatable bonds is 5. The molecule has 3 N–H and O–H groups in total. The number of amides is 1. The number of nitrogens with zero attached hydrogens (tertiary/aromatic N) is 2. The van der Waals surface area contributed by atoms with Gasteiger partial charge in [-0.2, -0.15) is 0 Å². The van der Waals surface area contributed by atoms with Crippen LogP contribution >= 0.6 is 0 Å². The number of nitrogens with two attached hydrogens (primary N) is 1. The molecule has 0 saturated carbocycles. The number of benzene rings is 1. The zero-order chi connectivity index (χ0) is 14.9. The minimum Gasteiger partial charge on any atom is -0.478 e. The Kier molecular flexibility index (Phi) is 3.74. The van der Waals surface area contributed by atoms with Gasteiger partial charge in [0.25, 0.3) is 0 Å². The molecule has 0 bridgehead atoms. The van der Waals surface area contributed by atoms with Crippen LogP contribution in [0, 0.1) is 0 Å². The van der Waals surface area contributed by atoms with Crippen molar-refractivity contribution >= 4 is 22.9 Å². The molecule has 1 amide bonds. The Balaban J connectivity index is 2.62. The van der Waals surface area contributed by atoms with Crippen LogP contribution in [-0.4, -0.2) is 26.5 Å². The van der Waals surface area contributed by atoms with E-state index in [1.807, 2.05) is 18.4 Å². The molecule has 1 aromatic carbocycles. The zero-order valence-electron chi connectivity index (χ0n) is 11.5. The number of aromatic carboxylic acids is 1. The van der Waals surface area contributed by atoms with E-state index in [0.717, 1.165) is 16.9 Å². The predicted molar refractivity (Wildman–Crippen MR) is 74.6 cm³/mol. The van der Waals surface area contributed by atoms with E-state index in [1.54, 1.807) is 12.1 Å². The summed E-state index contributed by atoms with van der Waals surface area (Å²) in [5, 5.41) is 9.08. The average molecular weight is 275 g/mol. The molecule has 20 heavy (non-hydrogen) atoms. The first-order valence-electron chi connectivity index (χ1n) is 6.46. The molecule has 0 aliphatic carbocycles. The molecule has 0 saturated heterocycles. The van der Waals surface area contributed by atoms with Crippen molar-refractivity contribution in [3.8, 4) is 0 Å². The van der Waals surface area contributed by atoms with E-state index in [-0.39, 0.29) is 18.0 Å². The summed E-state index contributed by atoms with van der Waals surface area (Å²) >= 11 is 0. The summed E-state index contributed by atoms with van der Waals surface area (Å²) in [7, 11) is 0. The molecule has 2 rings (SSSR count). The van der Waals surface area contributed by atoms with Gasteiger partial charge in [-0.3, -0.25) is 4.79 Å². The van der Waals surface area contributed by atoms with Crippen molar-refractivity contribution in [3.63, 3.8) is 0 Å². The highest BCUT2D eigenvalue weighted by Crippen LogP contribution is 2.24. The Morgan fingerprint density at radius 1 is 1.45 bits per heavy atom. The van der Waals surface area contributed by atoms with Crippen molar-refractivity contribution in [1.29, 1.82) is 0 Å². The van der Waals surface area contributed by atoms with Gasteiger partial charge in [-0.1, -0.05) is 6.92 Å². The van der Waals surface area contributed by atoms with Crippen LogP contribution in [0.3, 0.4) is 0 Å². The van der Waals surface area contributed by atoms with Crippen molar-refractivity contribution < 1.29 is 14.7 Å². The van der Waals surface area contributed by atoms with Crippen molar-refractivity contribution in [3.05, 3.63) is 29.6 Å². The third kappa shape index (κ3) is 2.49. The highest BCUT2D eigenvalue weighted by molar-refractivity contribution is 5.92. The van der Waals surface area contributed by atoms with Gasteiger partial charge in [-0.05, 0) is 25.1 Å². The Bertz CT molecular complexity index is 676. The number of aryl methyl sites for hydroxylation is 1. The van der Waals surface area contributed by atoms with Gasteiger partial charge in [0.05, 0.1) is 16.6 Å². The third-order valence-corrected chi connectivity index (χ3v) is 3.26. The van der Waals surface area contributed by atoms with Crippen LogP contribution < -0.4 is 5.73 Å². The topological polar surface area (TPSA) is 98.2 Å². The number of fused-ring (bicyclic) bond motifs is 1. The molecule has 1 atom stereocenters. The minimum atomic E-state index is -0.986. The molecule has 106 valence electrons. The highest BCUT2D eigenvalue weighted by Gasteiger charge is 2.17. The Labute approximate surface area is 116 Å². The second-order valence-corrected chi connectivity index (χ2v) is 4.78. The monoisotopic (exact) mass is 275 g/mol. The van der Waals surface area contributed by atoms with Crippen LogP contribution in [0.15, 0.2) is 18.2 Å². The number of carboxylic acid groups (broad SMARTS) is 1. The predicted octanol–water partition coefficient (Wildman–Crippen LogP) is 1.73. The number of imidazole rings is 1. The van der Waals surface area contributed by atoms with Crippen LogP contribution in [-0.2, 0) is 11.2 Å². The molecular weight excluding hydrogens is 258 g/mol. The number of hydrogen-bond donors (Lipinski definition) is 2. The average Bonchev–Trinajstić information content (AvgIpc) is 2.74. The SMILES string of the molecule is CCc1nc2ccc(C(=O)O)cc2n1C(C)CC(N)=O. The second-order valence-electron chi connectivity index (χ2n) is 4.78. The zero-order valence-corrected chi connectivity index (χ0v) is 11.5. The van der Waals surface area contributed by atoms with E-state index in [0.29, 0.717) is 6.42 Å². The van der Waals surface area contributed by atoms with E-state index < -0.39 is 11.9 Å². The van der Waals surface area contributed by atoms with Gasteiger partial charge in [0.1, 0.15) is 5.82 Å². The van der Waals surface area contributed by atoms with Crippen molar-refractivity contribution in [2.45, 2.75) is 32.7 Å². The molecule has 2 aromatic rings. The van der Waals surface area contributed by atoms with E-state index in [9.17, 15) is 9.59 Å². The summed E-state index contributed by atoms with van der Waals surface area (Å²) in [5.41, 5.74) is 6.89. The van der Waals surface area contributed by atoms with Gasteiger partial charge in [-0.15, -0.1) is 0 Å². The summed E-state index contributed by atoms with van der Waals surface area (Å²) in [6.07, 6.45) is 0.885. The minimum absolute atomic E-state index is 0.156. The van der Waals surface area contributed by atoms with Crippen molar-refractivity contribution in [1.82, 2.24) is 9.55 Å². The first-order chi connectivity index (χ1) is 9.43. The lowest BCUT2D eigenvalue weighted by Gasteiger charge is -2.15. The summed E-state index contributed by atoms with van der Waals surface area (Å²) in [6, 6.07) is 4.64. The molecule has 0 fully saturated rings. The lowest BCUT2D eigenvalue weighted by molar-refractivity contribution is -0.118. The number of carboxylic acids is 1. The molecule has 0 radical (unpaired) electrons. The number of primary amides is 1. The molecule has 0 spiro atoms. The van der Waals surface area contributed by atoms with Crippen molar-refractivity contribution in [2.24, 2.45) is 5.73 Å². The van der Waals surface area contributed by atoms with Gasteiger partial charge < -0.3 is 15.4 Å². The largest absolute Gasteiger partial charge is 0.478 e. The van der Waals surface area contributed by atoms with Crippen LogP contribution in [0.25, 0.3) is 11.0 Å². The van der Waals surface area contributed by atoms with Gasteiger partial charge in [0, 0.05) is 18.9 Å². The van der Waals surface area contributed by atoms with Gasteiger partial charge in [-0.25, -0.2) is 9.78 Å². The maximum absolute atomic E-state index is 11.1. The Hall–Kier alpha value is -2.37. The van der Waals surface area contributed by atoms with E-state index in [4.69, 9.17) is 10.8 Å².